The molecule has 0 N–H and O–H groups in total. The predicted octanol–water partition coefficient (Wildman–Crippen LogP) is 4.48. The molecule has 3 aromatic rings. The summed E-state index contributed by atoms with van der Waals surface area (Å²) in [5.74, 6) is -1.78. The van der Waals surface area contributed by atoms with Crippen molar-refractivity contribution in [3.63, 3.8) is 0 Å². The van der Waals surface area contributed by atoms with Crippen LogP contribution in [0.4, 0.5) is 8.78 Å². The van der Waals surface area contributed by atoms with Gasteiger partial charge in [-0.3, -0.25) is 4.79 Å². The fourth-order valence-corrected chi connectivity index (χ4v) is 4.11. The zero-order valence-corrected chi connectivity index (χ0v) is 16.5. The average Bonchev–Trinajstić information content (AvgIpc) is 2.99. The van der Waals surface area contributed by atoms with Crippen molar-refractivity contribution in [1.29, 1.82) is 0 Å². The minimum Gasteiger partial charge on any atom is -0.380 e. The molecule has 0 spiro atoms. The van der Waals surface area contributed by atoms with Gasteiger partial charge >= 0.3 is 0 Å². The summed E-state index contributed by atoms with van der Waals surface area (Å²) in [5.41, 5.74) is 0.665. The molecule has 4 nitrogen and oxygen atoms in total. The first-order valence-corrected chi connectivity index (χ1v) is 10.4. The molecule has 0 unspecified atom stereocenters. The van der Waals surface area contributed by atoms with Crippen LogP contribution < -0.4 is 4.80 Å². The fourth-order valence-electron chi connectivity index (χ4n) is 2.61. The molecule has 142 valence electrons. The Labute approximate surface area is 163 Å². The molecule has 0 aliphatic rings. The number of amides is 1. The van der Waals surface area contributed by atoms with Crippen LogP contribution in [0.15, 0.2) is 46.3 Å². The Morgan fingerprint density at radius 3 is 2.67 bits per heavy atom. The van der Waals surface area contributed by atoms with Crippen molar-refractivity contribution in [2.24, 2.45) is 4.99 Å². The molecule has 0 saturated heterocycles. The van der Waals surface area contributed by atoms with E-state index in [4.69, 9.17) is 4.74 Å². The number of rotatable bonds is 6. The molecule has 0 aliphatic carbocycles. The Bertz CT molecular complexity index is 1030. The number of aromatic nitrogens is 1. The first-order valence-electron chi connectivity index (χ1n) is 8.32. The lowest BCUT2D eigenvalue weighted by molar-refractivity contribution is 0.0996. The number of nitrogens with zero attached hydrogens (tertiary/aromatic N) is 2. The molecule has 2 aromatic carbocycles. The zero-order valence-electron chi connectivity index (χ0n) is 14.9. The maximum absolute atomic E-state index is 14.3. The Balaban J connectivity index is 2.07. The molecule has 0 aliphatic heterocycles. The second-order valence-electron chi connectivity index (χ2n) is 5.61. The van der Waals surface area contributed by atoms with Gasteiger partial charge < -0.3 is 9.30 Å². The second-order valence-corrected chi connectivity index (χ2v) is 7.50. The molecule has 0 saturated carbocycles. The molecule has 3 rings (SSSR count). The van der Waals surface area contributed by atoms with Gasteiger partial charge in [0.15, 0.2) is 10.6 Å². The van der Waals surface area contributed by atoms with E-state index in [0.29, 0.717) is 34.8 Å². The zero-order chi connectivity index (χ0) is 19.4. The van der Waals surface area contributed by atoms with Crippen LogP contribution in [0.2, 0.25) is 0 Å². The normalized spacial score (nSPS) is 12.1. The second kappa shape index (κ2) is 8.77. The summed E-state index contributed by atoms with van der Waals surface area (Å²) < 4.78 is 35.2. The molecule has 1 aromatic heterocycles. The highest BCUT2D eigenvalue weighted by molar-refractivity contribution is 7.98. The van der Waals surface area contributed by atoms with Crippen LogP contribution in [-0.2, 0) is 11.3 Å². The Hall–Kier alpha value is -2.03. The van der Waals surface area contributed by atoms with E-state index in [1.165, 1.54) is 6.07 Å². The molecular formula is C19H18F2N2O2S2. The summed E-state index contributed by atoms with van der Waals surface area (Å²) in [4.78, 5) is 18.1. The molecule has 0 fully saturated rings. The number of ether oxygens (including phenoxy) is 1. The number of benzene rings is 2. The summed E-state index contributed by atoms with van der Waals surface area (Å²) in [6, 6.07) is 9.18. The SMILES string of the molecule is CCOCCn1c(=NC(=O)c2ccc(SC)cc2)sc2cc(F)cc(F)c21. The summed E-state index contributed by atoms with van der Waals surface area (Å²) in [6.07, 6.45) is 1.95. The standard InChI is InChI=1S/C19H18F2N2O2S2/c1-3-25-9-8-23-17-15(21)10-13(20)11-16(17)27-19(23)22-18(24)12-4-6-14(26-2)7-5-12/h4-7,10-11H,3,8-9H2,1-2H3. The van der Waals surface area contributed by atoms with E-state index in [-0.39, 0.29) is 5.52 Å². The van der Waals surface area contributed by atoms with E-state index >= 15 is 0 Å². The van der Waals surface area contributed by atoms with E-state index in [1.807, 2.05) is 25.3 Å². The largest absolute Gasteiger partial charge is 0.380 e. The van der Waals surface area contributed by atoms with E-state index in [0.717, 1.165) is 22.3 Å². The van der Waals surface area contributed by atoms with Gasteiger partial charge in [0, 0.05) is 29.7 Å². The average molecular weight is 408 g/mol. The quantitative estimate of drug-likeness (QED) is 0.446. The van der Waals surface area contributed by atoms with Gasteiger partial charge in [-0.15, -0.1) is 11.8 Å². The van der Waals surface area contributed by atoms with Crippen LogP contribution in [-0.4, -0.2) is 29.9 Å². The minimum absolute atomic E-state index is 0.227. The Morgan fingerprint density at radius 1 is 1.26 bits per heavy atom. The van der Waals surface area contributed by atoms with Gasteiger partial charge in [-0.05, 0) is 43.5 Å². The first-order chi connectivity index (χ1) is 13.0. The fraction of sp³-hybridized carbons (Fsp3) is 0.263. The van der Waals surface area contributed by atoms with Crippen molar-refractivity contribution in [2.75, 3.05) is 19.5 Å². The van der Waals surface area contributed by atoms with Gasteiger partial charge in [-0.25, -0.2) is 8.78 Å². The number of carbonyl (C=O) groups is 1. The van der Waals surface area contributed by atoms with Crippen LogP contribution in [0, 0.1) is 11.6 Å². The third-order valence-corrected chi connectivity index (χ3v) is 5.66. The van der Waals surface area contributed by atoms with Crippen molar-refractivity contribution in [1.82, 2.24) is 4.57 Å². The van der Waals surface area contributed by atoms with Crippen LogP contribution in [0.1, 0.15) is 17.3 Å². The Morgan fingerprint density at radius 2 is 2.00 bits per heavy atom. The van der Waals surface area contributed by atoms with Crippen LogP contribution >= 0.6 is 23.1 Å². The van der Waals surface area contributed by atoms with Gasteiger partial charge in [-0.1, -0.05) is 11.3 Å². The lowest BCUT2D eigenvalue weighted by Gasteiger charge is -2.06. The summed E-state index contributed by atoms with van der Waals surface area (Å²) in [6.45, 7) is 3.03. The molecule has 0 radical (unpaired) electrons. The maximum atomic E-state index is 14.3. The molecule has 1 amide bonds. The number of hydrogen-bond donors (Lipinski definition) is 0. The van der Waals surface area contributed by atoms with Gasteiger partial charge in [0.25, 0.3) is 5.91 Å². The lowest BCUT2D eigenvalue weighted by atomic mass is 10.2. The summed E-state index contributed by atoms with van der Waals surface area (Å²) >= 11 is 2.65. The lowest BCUT2D eigenvalue weighted by Crippen LogP contribution is -2.20. The number of fused-ring (bicyclic) bond motifs is 1. The van der Waals surface area contributed by atoms with Crippen LogP contribution in [0.3, 0.4) is 0 Å². The van der Waals surface area contributed by atoms with E-state index < -0.39 is 17.5 Å². The summed E-state index contributed by atoms with van der Waals surface area (Å²) in [7, 11) is 0. The molecular weight excluding hydrogens is 390 g/mol. The van der Waals surface area contributed by atoms with E-state index in [9.17, 15) is 13.6 Å². The highest BCUT2D eigenvalue weighted by atomic mass is 32.2. The molecule has 27 heavy (non-hydrogen) atoms. The van der Waals surface area contributed by atoms with Crippen molar-refractivity contribution < 1.29 is 18.3 Å². The number of carbonyl (C=O) groups excluding carboxylic acids is 1. The van der Waals surface area contributed by atoms with Crippen molar-refractivity contribution >= 4 is 39.2 Å². The predicted molar refractivity (Wildman–Crippen MR) is 104 cm³/mol. The van der Waals surface area contributed by atoms with Crippen molar-refractivity contribution in [2.45, 2.75) is 18.4 Å². The molecule has 1 heterocycles. The third kappa shape index (κ3) is 4.45. The van der Waals surface area contributed by atoms with Crippen LogP contribution in [0.25, 0.3) is 10.2 Å². The van der Waals surface area contributed by atoms with E-state index in [2.05, 4.69) is 4.99 Å². The van der Waals surface area contributed by atoms with Gasteiger partial charge in [-0.2, -0.15) is 4.99 Å². The highest BCUT2D eigenvalue weighted by Gasteiger charge is 2.14. The monoisotopic (exact) mass is 408 g/mol. The Kier molecular flexibility index (Phi) is 6.41. The molecule has 8 heteroatoms. The summed E-state index contributed by atoms with van der Waals surface area (Å²) in [5, 5.41) is 0. The van der Waals surface area contributed by atoms with Crippen LogP contribution in [0.5, 0.6) is 0 Å². The first kappa shape index (κ1) is 19.7. The number of thiazole rings is 1. The molecule has 0 atom stereocenters. The minimum atomic E-state index is -0.684. The van der Waals surface area contributed by atoms with Crippen molar-refractivity contribution in [3.8, 4) is 0 Å². The van der Waals surface area contributed by atoms with Gasteiger partial charge in [0.1, 0.15) is 5.82 Å². The topological polar surface area (TPSA) is 43.6 Å². The van der Waals surface area contributed by atoms with Crippen molar-refractivity contribution in [3.05, 3.63) is 58.4 Å². The highest BCUT2D eigenvalue weighted by Crippen LogP contribution is 2.22. The number of halogens is 2. The van der Waals surface area contributed by atoms with Gasteiger partial charge in [0.05, 0.1) is 16.8 Å². The smallest absolute Gasteiger partial charge is 0.279 e. The maximum Gasteiger partial charge on any atom is 0.279 e. The van der Waals surface area contributed by atoms with E-state index in [1.54, 1.807) is 28.5 Å². The third-order valence-electron chi connectivity index (χ3n) is 3.89. The van der Waals surface area contributed by atoms with Gasteiger partial charge in [0.2, 0.25) is 0 Å². The molecule has 0 bridgehead atoms. The number of thioether (sulfide) groups is 1. The number of hydrogen-bond acceptors (Lipinski definition) is 4.